The van der Waals surface area contributed by atoms with Crippen LogP contribution < -0.4 is 5.73 Å². The van der Waals surface area contributed by atoms with E-state index in [-0.39, 0.29) is 47.2 Å². The third-order valence-electron chi connectivity index (χ3n) is 12.3. The Hall–Kier alpha value is -1.41. The number of carbonyl (C=O) groups excluding carboxylic acids is 3. The predicted molar refractivity (Wildman–Crippen MR) is 125 cm³/mol. The number of rotatable bonds is 2. The molecule has 0 aromatic heterocycles. The smallest absolute Gasteiger partial charge is 0.205 e. The van der Waals surface area contributed by atoms with Crippen LogP contribution in [0.4, 0.5) is 0 Å². The largest absolute Gasteiger partial charge is 0.387 e. The van der Waals surface area contributed by atoms with E-state index < -0.39 is 45.9 Å². The molecule has 2 bridgehead atoms. The van der Waals surface area contributed by atoms with E-state index in [1.807, 2.05) is 13.8 Å². The second-order valence-electron chi connectivity index (χ2n) is 13.6. The number of Topliss-reactive ketones (excluding diaryl/α,β-unsaturated/α-hetero) is 3. The number of allylic oxidation sites excluding steroid dienone is 1. The Morgan fingerprint density at radius 3 is 2.46 bits per heavy atom. The number of hydrogen-bond acceptors (Lipinski definition) is 7. The summed E-state index contributed by atoms with van der Waals surface area (Å²) in [6, 6.07) is 0.0893. The maximum atomic E-state index is 14.6. The van der Waals surface area contributed by atoms with Crippen LogP contribution in [0.1, 0.15) is 65.2 Å². The first-order valence-corrected chi connectivity index (χ1v) is 13.5. The minimum atomic E-state index is -2.08. The highest BCUT2D eigenvalue weighted by Gasteiger charge is 2.96. The fourth-order valence-corrected chi connectivity index (χ4v) is 10.9. The van der Waals surface area contributed by atoms with Crippen LogP contribution in [0.25, 0.3) is 0 Å². The molecule has 0 aromatic rings. The standard InChI is InChI=1S/C28H37NO6/c1-13-16-8-9-17-25-12-35-28(34,22(32)20(25)24(2,3)11-10-18(25)30)27(17)19(16)26(13,23(27)33)21(31)14-4-6-15(29)7-5-14/h14-17,19-20,22,32,34H,1,4-12,29H2,2-3H3. The molecule has 190 valence electrons. The van der Waals surface area contributed by atoms with Gasteiger partial charge in [0.1, 0.15) is 17.3 Å². The first-order chi connectivity index (χ1) is 16.4. The molecule has 2 heterocycles. The van der Waals surface area contributed by atoms with E-state index in [0.717, 1.165) is 19.3 Å². The number of carbonyl (C=O) groups is 3. The van der Waals surface area contributed by atoms with Gasteiger partial charge in [0.15, 0.2) is 11.6 Å². The number of aliphatic hydroxyl groups is 2. The molecule has 7 heteroatoms. The summed E-state index contributed by atoms with van der Waals surface area (Å²) in [5.74, 6) is -4.11. The van der Waals surface area contributed by atoms with Gasteiger partial charge in [0.2, 0.25) is 5.79 Å². The maximum absolute atomic E-state index is 14.6. The maximum Gasteiger partial charge on any atom is 0.205 e. The topological polar surface area (TPSA) is 127 Å². The molecule has 2 spiro atoms. The van der Waals surface area contributed by atoms with Gasteiger partial charge < -0.3 is 20.7 Å². The Bertz CT molecular complexity index is 1090. The molecule has 35 heavy (non-hydrogen) atoms. The molecule has 7 nitrogen and oxygen atoms in total. The molecule has 6 aliphatic carbocycles. The van der Waals surface area contributed by atoms with Crippen molar-refractivity contribution in [1.82, 2.24) is 0 Å². The first kappa shape index (κ1) is 22.8. The Labute approximate surface area is 205 Å². The lowest BCUT2D eigenvalue weighted by molar-refractivity contribution is -0.460. The lowest BCUT2D eigenvalue weighted by Gasteiger charge is -2.84. The van der Waals surface area contributed by atoms with Crippen LogP contribution in [0.2, 0.25) is 0 Å². The van der Waals surface area contributed by atoms with Crippen LogP contribution in [0.5, 0.6) is 0 Å². The first-order valence-electron chi connectivity index (χ1n) is 13.5. The monoisotopic (exact) mass is 483 g/mol. The van der Waals surface area contributed by atoms with Gasteiger partial charge in [0.25, 0.3) is 0 Å². The van der Waals surface area contributed by atoms with Crippen LogP contribution in [0, 0.1) is 51.2 Å². The van der Waals surface area contributed by atoms with Gasteiger partial charge in [0, 0.05) is 30.2 Å². The molecule has 2 aliphatic heterocycles. The Kier molecular flexibility index (Phi) is 4.13. The zero-order valence-corrected chi connectivity index (χ0v) is 20.7. The Morgan fingerprint density at radius 1 is 1.09 bits per heavy atom. The Morgan fingerprint density at radius 2 is 1.77 bits per heavy atom. The minimum Gasteiger partial charge on any atom is -0.387 e. The number of aliphatic hydroxyl groups excluding tert-OH is 1. The highest BCUT2D eigenvalue weighted by molar-refractivity contribution is 6.21. The summed E-state index contributed by atoms with van der Waals surface area (Å²) in [5.41, 5.74) is 2.65. The molecular formula is C28H37NO6. The van der Waals surface area contributed by atoms with Crippen LogP contribution in [0.3, 0.4) is 0 Å². The van der Waals surface area contributed by atoms with E-state index in [0.29, 0.717) is 37.7 Å². The molecule has 8 aliphatic rings. The zero-order chi connectivity index (χ0) is 24.9. The van der Waals surface area contributed by atoms with Crippen LogP contribution >= 0.6 is 0 Å². The fraction of sp³-hybridized carbons (Fsp3) is 0.821. The second kappa shape index (κ2) is 6.35. The summed E-state index contributed by atoms with van der Waals surface area (Å²) < 4.78 is 6.06. The SMILES string of the molecule is C=C1C2CCC3C45COC(O)(C(O)C4C(C)(C)CCC5=O)C34C(=O)C1(C(=O)C1CCC(N)CC1)C24. The summed E-state index contributed by atoms with van der Waals surface area (Å²) in [7, 11) is 0. The summed E-state index contributed by atoms with van der Waals surface area (Å²) in [4.78, 5) is 42.4. The van der Waals surface area contributed by atoms with Gasteiger partial charge in [-0.1, -0.05) is 26.0 Å². The number of hydrogen-bond donors (Lipinski definition) is 3. The van der Waals surface area contributed by atoms with E-state index in [2.05, 4.69) is 6.58 Å². The predicted octanol–water partition coefficient (Wildman–Crippen LogP) is 1.93. The van der Waals surface area contributed by atoms with Crippen molar-refractivity contribution in [2.45, 2.75) is 83.1 Å². The quantitative estimate of drug-likeness (QED) is 0.405. The van der Waals surface area contributed by atoms with Crippen LogP contribution in [0.15, 0.2) is 12.2 Å². The van der Waals surface area contributed by atoms with Crippen molar-refractivity contribution < 1.29 is 29.3 Å². The summed E-state index contributed by atoms with van der Waals surface area (Å²) in [6.07, 6.45) is 3.86. The van der Waals surface area contributed by atoms with Gasteiger partial charge in [0.05, 0.1) is 17.4 Å². The lowest BCUT2D eigenvalue weighted by atomic mass is 9.18. The van der Waals surface area contributed by atoms with E-state index in [9.17, 15) is 24.6 Å². The van der Waals surface area contributed by atoms with E-state index >= 15 is 0 Å². The molecule has 6 saturated carbocycles. The van der Waals surface area contributed by atoms with Gasteiger partial charge in [-0.25, -0.2) is 0 Å². The number of nitrogens with two attached hydrogens (primary N) is 1. The number of ether oxygens (including phenoxy) is 1. The molecular weight excluding hydrogens is 446 g/mol. The van der Waals surface area contributed by atoms with E-state index in [4.69, 9.17) is 10.5 Å². The molecule has 4 N–H and O–H groups in total. The zero-order valence-electron chi connectivity index (χ0n) is 20.7. The van der Waals surface area contributed by atoms with Crippen molar-refractivity contribution in [2.24, 2.45) is 57.0 Å². The van der Waals surface area contributed by atoms with Crippen LogP contribution in [-0.4, -0.2) is 52.1 Å². The van der Waals surface area contributed by atoms with Gasteiger partial charge >= 0.3 is 0 Å². The molecule has 8 fully saturated rings. The van der Waals surface area contributed by atoms with Crippen molar-refractivity contribution in [3.63, 3.8) is 0 Å². The third kappa shape index (κ3) is 2.00. The minimum absolute atomic E-state index is 0.0347. The van der Waals surface area contributed by atoms with E-state index in [1.54, 1.807) is 0 Å². The van der Waals surface area contributed by atoms with Crippen molar-refractivity contribution in [3.8, 4) is 0 Å². The average Bonchev–Trinajstić information content (AvgIpc) is 2.82. The molecule has 2 saturated heterocycles. The van der Waals surface area contributed by atoms with Gasteiger partial charge in [-0.3, -0.25) is 14.4 Å². The fourth-order valence-electron chi connectivity index (χ4n) is 10.9. The van der Waals surface area contributed by atoms with Gasteiger partial charge in [-0.05, 0) is 62.2 Å². The molecule has 0 radical (unpaired) electrons. The highest BCUT2D eigenvalue weighted by Crippen LogP contribution is 2.87. The molecule has 0 amide bonds. The summed E-state index contributed by atoms with van der Waals surface area (Å²) in [5, 5.41) is 23.9. The third-order valence-corrected chi connectivity index (χ3v) is 12.3. The summed E-state index contributed by atoms with van der Waals surface area (Å²) >= 11 is 0. The lowest BCUT2D eigenvalue weighted by Crippen LogP contribution is -2.95. The van der Waals surface area contributed by atoms with Crippen molar-refractivity contribution in [3.05, 3.63) is 12.2 Å². The van der Waals surface area contributed by atoms with Gasteiger partial charge in [-0.2, -0.15) is 0 Å². The molecule has 9 atom stereocenters. The Balaban J connectivity index is 1.38. The van der Waals surface area contributed by atoms with Crippen molar-refractivity contribution in [1.29, 1.82) is 0 Å². The van der Waals surface area contributed by atoms with Crippen molar-refractivity contribution in [2.75, 3.05) is 6.61 Å². The normalized spacial score (nSPS) is 57.4. The molecule has 9 unspecified atom stereocenters. The average molecular weight is 484 g/mol. The number of fused-ring (bicyclic) bond motifs is 1. The van der Waals surface area contributed by atoms with Gasteiger partial charge in [-0.15, -0.1) is 0 Å². The number of ketones is 3. The van der Waals surface area contributed by atoms with E-state index in [1.165, 1.54) is 0 Å². The van der Waals surface area contributed by atoms with Crippen molar-refractivity contribution >= 4 is 17.3 Å². The summed E-state index contributed by atoms with van der Waals surface area (Å²) in [6.45, 7) is 8.39. The van der Waals surface area contributed by atoms with Crippen LogP contribution in [-0.2, 0) is 19.1 Å². The molecule has 8 rings (SSSR count). The second-order valence-corrected chi connectivity index (χ2v) is 13.6. The molecule has 0 aromatic carbocycles. The highest BCUT2D eigenvalue weighted by atomic mass is 16.6.